The summed E-state index contributed by atoms with van der Waals surface area (Å²) in [4.78, 5) is 11.4. The molecule has 1 amide bonds. The number of nitrogens with one attached hydrogen (secondary N) is 2. The molecule has 0 aromatic carbocycles. The van der Waals surface area contributed by atoms with E-state index in [0.29, 0.717) is 18.6 Å². The molecular formula is C14H28N2O3. The zero-order valence-corrected chi connectivity index (χ0v) is 12.6. The van der Waals surface area contributed by atoms with Crippen LogP contribution in [0, 0.1) is 0 Å². The Balaban J connectivity index is 2.08. The quantitative estimate of drug-likeness (QED) is 0.664. The smallest absolute Gasteiger partial charge is 0.407 e. The SMILES string of the molecule is COCC(CCCNC(=O)OC(C)(C)C)NC1CC1. The Labute approximate surface area is 116 Å². The van der Waals surface area contributed by atoms with Gasteiger partial charge < -0.3 is 20.1 Å². The molecule has 0 saturated heterocycles. The van der Waals surface area contributed by atoms with Gasteiger partial charge in [0.15, 0.2) is 0 Å². The number of amides is 1. The maximum atomic E-state index is 11.4. The molecule has 0 heterocycles. The fraction of sp³-hybridized carbons (Fsp3) is 0.929. The third kappa shape index (κ3) is 8.83. The number of carbonyl (C=O) groups excluding carboxylic acids is 1. The molecule has 0 aliphatic heterocycles. The molecule has 0 radical (unpaired) electrons. The molecular weight excluding hydrogens is 244 g/mol. The van der Waals surface area contributed by atoms with Crippen LogP contribution in [-0.2, 0) is 9.47 Å². The fourth-order valence-corrected chi connectivity index (χ4v) is 1.85. The molecule has 2 N–H and O–H groups in total. The summed E-state index contributed by atoms with van der Waals surface area (Å²) in [6.45, 7) is 6.95. The summed E-state index contributed by atoms with van der Waals surface area (Å²) in [6.07, 6.45) is 4.13. The highest BCUT2D eigenvalue weighted by Gasteiger charge is 2.24. The van der Waals surface area contributed by atoms with Crippen molar-refractivity contribution in [3.63, 3.8) is 0 Å². The molecule has 1 aliphatic carbocycles. The zero-order chi connectivity index (χ0) is 14.3. The minimum absolute atomic E-state index is 0.342. The van der Waals surface area contributed by atoms with Crippen molar-refractivity contribution in [3.05, 3.63) is 0 Å². The first-order chi connectivity index (χ1) is 8.90. The van der Waals surface area contributed by atoms with Crippen molar-refractivity contribution in [2.24, 2.45) is 0 Å². The molecule has 1 unspecified atom stereocenters. The fourth-order valence-electron chi connectivity index (χ4n) is 1.85. The molecule has 0 aromatic rings. The number of ether oxygens (including phenoxy) is 2. The highest BCUT2D eigenvalue weighted by Crippen LogP contribution is 2.20. The van der Waals surface area contributed by atoms with Gasteiger partial charge in [0.05, 0.1) is 6.61 Å². The lowest BCUT2D eigenvalue weighted by Crippen LogP contribution is -2.36. The van der Waals surface area contributed by atoms with Crippen molar-refractivity contribution in [1.29, 1.82) is 0 Å². The molecule has 1 aliphatic rings. The van der Waals surface area contributed by atoms with Crippen LogP contribution in [0.5, 0.6) is 0 Å². The van der Waals surface area contributed by atoms with E-state index in [9.17, 15) is 4.79 Å². The topological polar surface area (TPSA) is 59.6 Å². The lowest BCUT2D eigenvalue weighted by molar-refractivity contribution is 0.0526. The maximum absolute atomic E-state index is 11.4. The second kappa shape index (κ2) is 7.70. The lowest BCUT2D eigenvalue weighted by Gasteiger charge is -2.20. The van der Waals surface area contributed by atoms with E-state index in [1.165, 1.54) is 12.8 Å². The van der Waals surface area contributed by atoms with Crippen molar-refractivity contribution in [3.8, 4) is 0 Å². The van der Waals surface area contributed by atoms with Crippen molar-refractivity contribution in [1.82, 2.24) is 10.6 Å². The van der Waals surface area contributed by atoms with Crippen LogP contribution < -0.4 is 10.6 Å². The molecule has 1 fully saturated rings. The lowest BCUT2D eigenvalue weighted by atomic mass is 10.1. The van der Waals surface area contributed by atoms with Gasteiger partial charge in [-0.05, 0) is 46.5 Å². The summed E-state index contributed by atoms with van der Waals surface area (Å²) in [7, 11) is 1.72. The molecule has 5 heteroatoms. The zero-order valence-electron chi connectivity index (χ0n) is 12.6. The Morgan fingerprint density at radius 1 is 1.37 bits per heavy atom. The van der Waals surface area contributed by atoms with E-state index in [2.05, 4.69) is 10.6 Å². The van der Waals surface area contributed by atoms with Crippen LogP contribution in [0.15, 0.2) is 0 Å². The summed E-state index contributed by atoms with van der Waals surface area (Å²) in [5, 5.41) is 6.33. The van der Waals surface area contributed by atoms with E-state index in [1.807, 2.05) is 20.8 Å². The molecule has 1 atom stereocenters. The van der Waals surface area contributed by atoms with Crippen LogP contribution in [-0.4, -0.2) is 44.0 Å². The minimum Gasteiger partial charge on any atom is -0.444 e. The number of alkyl carbamates (subject to hydrolysis) is 1. The van der Waals surface area contributed by atoms with Gasteiger partial charge in [-0.15, -0.1) is 0 Å². The standard InChI is InChI=1S/C14H28N2O3/c1-14(2,3)19-13(17)15-9-5-6-12(10-18-4)16-11-7-8-11/h11-12,16H,5-10H2,1-4H3,(H,15,17). The third-order valence-electron chi connectivity index (χ3n) is 2.81. The molecule has 0 spiro atoms. The highest BCUT2D eigenvalue weighted by atomic mass is 16.6. The predicted octanol–water partition coefficient (Wildman–Crippen LogP) is 2.06. The van der Waals surface area contributed by atoms with Crippen LogP contribution in [0.3, 0.4) is 0 Å². The van der Waals surface area contributed by atoms with E-state index in [4.69, 9.17) is 9.47 Å². The van der Waals surface area contributed by atoms with Crippen molar-refractivity contribution < 1.29 is 14.3 Å². The number of hydrogen-bond donors (Lipinski definition) is 2. The van der Waals surface area contributed by atoms with E-state index in [-0.39, 0.29) is 6.09 Å². The highest BCUT2D eigenvalue weighted by molar-refractivity contribution is 5.67. The maximum Gasteiger partial charge on any atom is 0.407 e. The summed E-state index contributed by atoms with van der Waals surface area (Å²) < 4.78 is 10.4. The Hall–Kier alpha value is -0.810. The van der Waals surface area contributed by atoms with E-state index >= 15 is 0 Å². The monoisotopic (exact) mass is 272 g/mol. The summed E-state index contributed by atoms with van der Waals surface area (Å²) in [5.41, 5.74) is -0.434. The molecule has 19 heavy (non-hydrogen) atoms. The predicted molar refractivity (Wildman–Crippen MR) is 75.3 cm³/mol. The van der Waals surface area contributed by atoms with Gasteiger partial charge >= 0.3 is 6.09 Å². The number of hydrogen-bond acceptors (Lipinski definition) is 4. The van der Waals surface area contributed by atoms with Gasteiger partial charge in [0.2, 0.25) is 0 Å². The second-order valence-electron chi connectivity index (χ2n) is 6.16. The molecule has 5 nitrogen and oxygen atoms in total. The first-order valence-corrected chi connectivity index (χ1v) is 7.12. The molecule has 1 rings (SSSR count). The molecule has 0 bridgehead atoms. The van der Waals surface area contributed by atoms with Crippen LogP contribution in [0.4, 0.5) is 4.79 Å². The molecule has 112 valence electrons. The average Bonchev–Trinajstić information content (AvgIpc) is 3.06. The van der Waals surface area contributed by atoms with E-state index in [1.54, 1.807) is 7.11 Å². The Morgan fingerprint density at radius 3 is 2.58 bits per heavy atom. The normalized spacial score (nSPS) is 17.1. The second-order valence-corrected chi connectivity index (χ2v) is 6.16. The average molecular weight is 272 g/mol. The summed E-state index contributed by atoms with van der Waals surface area (Å²) >= 11 is 0. The largest absolute Gasteiger partial charge is 0.444 e. The summed E-state index contributed by atoms with van der Waals surface area (Å²) in [5.74, 6) is 0. The van der Waals surface area contributed by atoms with Crippen molar-refractivity contribution in [2.45, 2.75) is 64.1 Å². The Kier molecular flexibility index (Phi) is 6.58. The Morgan fingerprint density at radius 2 is 2.05 bits per heavy atom. The van der Waals surface area contributed by atoms with Crippen LogP contribution in [0.25, 0.3) is 0 Å². The van der Waals surface area contributed by atoms with Gasteiger partial charge in [0.1, 0.15) is 5.60 Å². The van der Waals surface area contributed by atoms with Gasteiger partial charge in [-0.3, -0.25) is 0 Å². The summed E-state index contributed by atoms with van der Waals surface area (Å²) in [6, 6.07) is 1.07. The van der Waals surface area contributed by atoms with Crippen LogP contribution >= 0.6 is 0 Å². The third-order valence-corrected chi connectivity index (χ3v) is 2.81. The van der Waals surface area contributed by atoms with Gasteiger partial charge in [-0.1, -0.05) is 0 Å². The number of carbonyl (C=O) groups is 1. The first-order valence-electron chi connectivity index (χ1n) is 7.12. The van der Waals surface area contributed by atoms with Crippen LogP contribution in [0.1, 0.15) is 46.5 Å². The van der Waals surface area contributed by atoms with Crippen molar-refractivity contribution >= 4 is 6.09 Å². The van der Waals surface area contributed by atoms with Crippen LogP contribution in [0.2, 0.25) is 0 Å². The first kappa shape index (κ1) is 16.2. The number of methoxy groups -OCH3 is 1. The molecule has 0 aromatic heterocycles. The molecule has 1 saturated carbocycles. The van der Waals surface area contributed by atoms with Gasteiger partial charge in [-0.25, -0.2) is 4.79 Å². The van der Waals surface area contributed by atoms with Gasteiger partial charge in [0.25, 0.3) is 0 Å². The van der Waals surface area contributed by atoms with E-state index < -0.39 is 5.60 Å². The minimum atomic E-state index is -0.434. The van der Waals surface area contributed by atoms with Gasteiger partial charge in [0, 0.05) is 25.7 Å². The number of rotatable bonds is 8. The Bertz CT molecular complexity index is 272. The van der Waals surface area contributed by atoms with E-state index in [0.717, 1.165) is 19.4 Å². The van der Waals surface area contributed by atoms with Gasteiger partial charge in [-0.2, -0.15) is 0 Å². The van der Waals surface area contributed by atoms with Crippen molar-refractivity contribution in [2.75, 3.05) is 20.3 Å².